The van der Waals surface area contributed by atoms with Crippen molar-refractivity contribution in [3.8, 4) is 0 Å². The second-order valence-corrected chi connectivity index (χ2v) is 10.4. The smallest absolute Gasteiger partial charge is 0.227 e. The van der Waals surface area contributed by atoms with E-state index >= 15 is 0 Å². The number of aromatic nitrogens is 4. The number of nitrogens with two attached hydrogens (primary N) is 1. The van der Waals surface area contributed by atoms with Crippen molar-refractivity contribution >= 4 is 45.1 Å². The van der Waals surface area contributed by atoms with Crippen molar-refractivity contribution in [1.29, 1.82) is 0 Å². The summed E-state index contributed by atoms with van der Waals surface area (Å²) in [4.78, 5) is 13.3. The van der Waals surface area contributed by atoms with Crippen LogP contribution >= 0.6 is 0 Å². The molecule has 9 nitrogen and oxygen atoms in total. The van der Waals surface area contributed by atoms with Gasteiger partial charge in [-0.2, -0.15) is 0 Å². The molecule has 34 heavy (non-hydrogen) atoms. The van der Waals surface area contributed by atoms with E-state index in [9.17, 15) is 8.42 Å². The second-order valence-electron chi connectivity index (χ2n) is 8.21. The van der Waals surface area contributed by atoms with Crippen LogP contribution in [0.4, 0.5) is 17.5 Å². The van der Waals surface area contributed by atoms with Crippen LogP contribution in [-0.4, -0.2) is 46.1 Å². The number of sulfone groups is 1. The number of pyridine rings is 1. The lowest BCUT2D eigenvalue weighted by Crippen LogP contribution is -2.35. The third kappa shape index (κ3) is 4.78. The van der Waals surface area contributed by atoms with E-state index in [1.165, 1.54) is 0 Å². The summed E-state index contributed by atoms with van der Waals surface area (Å²) in [6.07, 6.45) is 12.3. The molecule has 5 rings (SSSR count). The fourth-order valence-electron chi connectivity index (χ4n) is 3.96. The molecule has 4 N–H and O–H groups in total. The molecule has 0 aliphatic carbocycles. The normalized spacial score (nSPS) is 15.2. The molecule has 0 bridgehead atoms. The number of nitrogens with one attached hydrogen (secondary N) is 2. The van der Waals surface area contributed by atoms with E-state index in [1.807, 2.05) is 34.9 Å². The lowest BCUT2D eigenvalue weighted by Gasteiger charge is -2.22. The van der Waals surface area contributed by atoms with E-state index in [0.29, 0.717) is 29.5 Å². The Labute approximate surface area is 197 Å². The Morgan fingerprint density at radius 1 is 0.971 bits per heavy atom. The molecule has 1 saturated heterocycles. The average molecular weight is 476 g/mol. The zero-order chi connectivity index (χ0) is 23.5. The van der Waals surface area contributed by atoms with Gasteiger partial charge in [0.1, 0.15) is 11.5 Å². The number of fused-ring (bicyclic) bond motifs is 1. The standard InChI is InChI=1S/C24H25N7O2S/c25-22-16-31-15-17(3-8-23(31)30-22)1-2-18-13-27-24(28-14-18)29-19-4-6-20(7-5-19)34(32,33)21-9-11-26-12-10-21/h1-8,13-16,21,26H,9-12,25H2,(H,27,28,29)/b2-1+. The number of nitrogens with zero attached hydrogens (tertiary/aromatic N) is 4. The zero-order valence-electron chi connectivity index (χ0n) is 18.4. The highest BCUT2D eigenvalue weighted by Gasteiger charge is 2.28. The Hall–Kier alpha value is -3.76. The molecule has 4 heterocycles. The number of benzene rings is 1. The second kappa shape index (κ2) is 9.24. The van der Waals surface area contributed by atoms with E-state index in [4.69, 9.17) is 5.73 Å². The van der Waals surface area contributed by atoms with Crippen LogP contribution in [0.2, 0.25) is 0 Å². The number of imidazole rings is 1. The van der Waals surface area contributed by atoms with Crippen LogP contribution in [0.1, 0.15) is 24.0 Å². The van der Waals surface area contributed by atoms with Gasteiger partial charge >= 0.3 is 0 Å². The molecule has 1 aliphatic rings. The molecular weight excluding hydrogens is 450 g/mol. The Morgan fingerprint density at radius 2 is 1.68 bits per heavy atom. The number of anilines is 3. The summed E-state index contributed by atoms with van der Waals surface area (Å²) in [6.45, 7) is 1.47. The largest absolute Gasteiger partial charge is 0.382 e. The number of nitrogen functional groups attached to an aromatic ring is 1. The minimum atomic E-state index is -3.32. The van der Waals surface area contributed by atoms with Gasteiger partial charge in [0.2, 0.25) is 5.95 Å². The fraction of sp³-hybridized carbons (Fsp3) is 0.208. The lowest BCUT2D eigenvalue weighted by atomic mass is 10.2. The third-order valence-electron chi connectivity index (χ3n) is 5.80. The van der Waals surface area contributed by atoms with Crippen molar-refractivity contribution < 1.29 is 8.42 Å². The summed E-state index contributed by atoms with van der Waals surface area (Å²) in [6, 6.07) is 10.6. The minimum Gasteiger partial charge on any atom is -0.382 e. The molecule has 0 spiro atoms. The molecule has 1 fully saturated rings. The summed E-state index contributed by atoms with van der Waals surface area (Å²) < 4.78 is 27.5. The van der Waals surface area contributed by atoms with Gasteiger partial charge in [-0.15, -0.1) is 0 Å². The first-order valence-electron chi connectivity index (χ1n) is 11.0. The molecular formula is C24H25N7O2S. The maximum absolute atomic E-state index is 12.8. The first-order chi connectivity index (χ1) is 16.5. The van der Waals surface area contributed by atoms with E-state index in [1.54, 1.807) is 42.9 Å². The van der Waals surface area contributed by atoms with Gasteiger partial charge in [-0.05, 0) is 67.9 Å². The molecule has 0 amide bonds. The number of rotatable bonds is 6. The van der Waals surface area contributed by atoms with Crippen LogP contribution < -0.4 is 16.4 Å². The quantitative estimate of drug-likeness (QED) is 0.388. The van der Waals surface area contributed by atoms with Crippen molar-refractivity contribution in [3.05, 3.63) is 72.3 Å². The molecule has 1 aromatic carbocycles. The molecule has 3 aromatic heterocycles. The average Bonchev–Trinajstić information content (AvgIpc) is 3.24. The van der Waals surface area contributed by atoms with Crippen LogP contribution in [0.15, 0.2) is 66.1 Å². The predicted molar refractivity (Wildman–Crippen MR) is 133 cm³/mol. The zero-order valence-corrected chi connectivity index (χ0v) is 19.2. The molecule has 0 saturated carbocycles. The first kappa shape index (κ1) is 22.1. The van der Waals surface area contributed by atoms with Crippen molar-refractivity contribution in [2.45, 2.75) is 23.0 Å². The van der Waals surface area contributed by atoms with E-state index in [-0.39, 0.29) is 5.25 Å². The summed E-state index contributed by atoms with van der Waals surface area (Å²) in [5.74, 6) is 0.914. The Kier molecular flexibility index (Phi) is 5.99. The Morgan fingerprint density at radius 3 is 2.41 bits per heavy atom. The van der Waals surface area contributed by atoms with Crippen molar-refractivity contribution in [1.82, 2.24) is 24.7 Å². The molecule has 0 radical (unpaired) electrons. The van der Waals surface area contributed by atoms with Crippen LogP contribution in [0.25, 0.3) is 17.8 Å². The minimum absolute atomic E-state index is 0.323. The number of hydrogen-bond donors (Lipinski definition) is 3. The lowest BCUT2D eigenvalue weighted by molar-refractivity contribution is 0.496. The van der Waals surface area contributed by atoms with Gasteiger partial charge < -0.3 is 20.8 Å². The Bertz CT molecular complexity index is 1420. The molecule has 1 aliphatic heterocycles. The van der Waals surface area contributed by atoms with Crippen LogP contribution in [-0.2, 0) is 9.84 Å². The Balaban J connectivity index is 1.23. The van der Waals surface area contributed by atoms with Gasteiger partial charge in [-0.1, -0.05) is 12.2 Å². The monoisotopic (exact) mass is 475 g/mol. The topological polar surface area (TPSA) is 127 Å². The van der Waals surface area contributed by atoms with Gasteiger partial charge in [0.15, 0.2) is 9.84 Å². The molecule has 0 atom stereocenters. The highest BCUT2D eigenvalue weighted by atomic mass is 32.2. The van der Waals surface area contributed by atoms with Crippen LogP contribution in [0, 0.1) is 0 Å². The van der Waals surface area contributed by atoms with E-state index in [0.717, 1.165) is 35.6 Å². The van der Waals surface area contributed by atoms with E-state index < -0.39 is 9.84 Å². The number of piperidine rings is 1. The SMILES string of the molecule is Nc1cn2cc(/C=C/c3cnc(Nc4ccc(S(=O)(=O)C5CCNCC5)cc4)nc3)ccc2n1. The summed E-state index contributed by atoms with van der Waals surface area (Å²) in [5.41, 5.74) is 9.09. The molecule has 4 aromatic rings. The number of hydrogen-bond acceptors (Lipinski definition) is 8. The first-order valence-corrected chi connectivity index (χ1v) is 12.6. The van der Waals surface area contributed by atoms with Gasteiger partial charge in [-0.25, -0.2) is 23.4 Å². The molecule has 0 unspecified atom stereocenters. The summed E-state index contributed by atoms with van der Waals surface area (Å²) in [7, 11) is -3.32. The van der Waals surface area contributed by atoms with Crippen molar-refractivity contribution in [3.63, 3.8) is 0 Å². The fourth-order valence-corrected chi connectivity index (χ4v) is 5.72. The highest BCUT2D eigenvalue weighted by molar-refractivity contribution is 7.92. The maximum Gasteiger partial charge on any atom is 0.227 e. The molecule has 174 valence electrons. The van der Waals surface area contributed by atoms with E-state index in [2.05, 4.69) is 25.6 Å². The van der Waals surface area contributed by atoms with Gasteiger partial charge in [0.05, 0.1) is 16.3 Å². The predicted octanol–water partition coefficient (Wildman–Crippen LogP) is 3.15. The highest BCUT2D eigenvalue weighted by Crippen LogP contribution is 2.24. The van der Waals surface area contributed by atoms with Gasteiger partial charge in [-0.3, -0.25) is 0 Å². The van der Waals surface area contributed by atoms with Crippen molar-refractivity contribution in [2.75, 3.05) is 24.1 Å². The third-order valence-corrected chi connectivity index (χ3v) is 8.07. The summed E-state index contributed by atoms with van der Waals surface area (Å²) >= 11 is 0. The van der Waals surface area contributed by atoms with Gasteiger partial charge in [0, 0.05) is 29.8 Å². The maximum atomic E-state index is 12.8. The van der Waals surface area contributed by atoms with Crippen LogP contribution in [0.5, 0.6) is 0 Å². The van der Waals surface area contributed by atoms with Crippen LogP contribution in [0.3, 0.4) is 0 Å². The van der Waals surface area contributed by atoms with Crippen molar-refractivity contribution in [2.24, 2.45) is 0 Å². The van der Waals surface area contributed by atoms with Gasteiger partial charge in [0.25, 0.3) is 0 Å². The summed E-state index contributed by atoms with van der Waals surface area (Å²) in [5, 5.41) is 5.99. The molecule has 10 heteroatoms.